The maximum atomic E-state index is 12.0. The van der Waals surface area contributed by atoms with E-state index in [1.807, 2.05) is 19.1 Å². The van der Waals surface area contributed by atoms with Gasteiger partial charge in [0.2, 0.25) is 5.91 Å². The normalized spacial score (nSPS) is 12.0. The molecule has 2 rings (SSSR count). The van der Waals surface area contributed by atoms with Gasteiger partial charge in [-0.05, 0) is 24.6 Å². The zero-order valence-electron chi connectivity index (χ0n) is 11.5. The SMILES string of the molecule is CC(NC(=O)Cn1ncc(Cl)c(Cl)c1=O)c1ccc(Cl)cc1. The Hall–Kier alpha value is -1.56. The van der Waals surface area contributed by atoms with Crippen LogP contribution in [0.2, 0.25) is 15.1 Å². The zero-order chi connectivity index (χ0) is 16.3. The highest BCUT2D eigenvalue weighted by atomic mass is 35.5. The standard InChI is InChI=1S/C14H12Cl3N3O2/c1-8(9-2-4-10(15)5-3-9)19-12(21)7-20-14(22)13(17)11(16)6-18-20/h2-6,8H,7H2,1H3,(H,19,21). The van der Waals surface area contributed by atoms with E-state index in [1.54, 1.807) is 12.1 Å². The third-order valence-electron chi connectivity index (χ3n) is 2.98. The molecule has 1 aromatic heterocycles. The van der Waals surface area contributed by atoms with E-state index in [1.165, 1.54) is 6.20 Å². The van der Waals surface area contributed by atoms with Gasteiger partial charge in [0.25, 0.3) is 5.56 Å². The lowest BCUT2D eigenvalue weighted by Gasteiger charge is -2.14. The van der Waals surface area contributed by atoms with Crippen molar-refractivity contribution >= 4 is 40.7 Å². The molecule has 0 spiro atoms. The highest BCUT2D eigenvalue weighted by molar-refractivity contribution is 6.41. The maximum Gasteiger partial charge on any atom is 0.287 e. The van der Waals surface area contributed by atoms with Gasteiger partial charge in [-0.2, -0.15) is 5.10 Å². The van der Waals surface area contributed by atoms with Gasteiger partial charge in [0.15, 0.2) is 0 Å². The first kappa shape index (κ1) is 16.8. The third kappa shape index (κ3) is 4.00. The number of benzene rings is 1. The van der Waals surface area contributed by atoms with Crippen LogP contribution in [-0.2, 0) is 11.3 Å². The Bertz CT molecular complexity index is 744. The summed E-state index contributed by atoms with van der Waals surface area (Å²) in [5.74, 6) is -0.365. The molecular weight excluding hydrogens is 349 g/mol. The average molecular weight is 361 g/mol. The van der Waals surface area contributed by atoms with Crippen LogP contribution in [0.15, 0.2) is 35.3 Å². The van der Waals surface area contributed by atoms with E-state index in [2.05, 4.69) is 10.4 Å². The Kier molecular flexibility index (Phi) is 5.45. The Labute approximate surface area is 141 Å². The van der Waals surface area contributed by atoms with Gasteiger partial charge in [0.05, 0.1) is 17.3 Å². The lowest BCUT2D eigenvalue weighted by molar-refractivity contribution is -0.122. The fraction of sp³-hybridized carbons (Fsp3) is 0.214. The summed E-state index contributed by atoms with van der Waals surface area (Å²) >= 11 is 17.2. The van der Waals surface area contributed by atoms with Crippen molar-refractivity contribution in [2.45, 2.75) is 19.5 Å². The van der Waals surface area contributed by atoms with Gasteiger partial charge in [0.1, 0.15) is 11.6 Å². The minimum absolute atomic E-state index is 0.0536. The van der Waals surface area contributed by atoms with Gasteiger partial charge in [-0.25, -0.2) is 4.68 Å². The topological polar surface area (TPSA) is 64.0 Å². The first-order chi connectivity index (χ1) is 10.4. The summed E-state index contributed by atoms with van der Waals surface area (Å²) in [6.45, 7) is 1.58. The van der Waals surface area contributed by atoms with Gasteiger partial charge in [-0.3, -0.25) is 9.59 Å². The van der Waals surface area contributed by atoms with Crippen molar-refractivity contribution in [2.75, 3.05) is 0 Å². The molecule has 116 valence electrons. The predicted octanol–water partition coefficient (Wildman–Crippen LogP) is 3.08. The highest BCUT2D eigenvalue weighted by Crippen LogP contribution is 2.16. The summed E-state index contributed by atoms with van der Waals surface area (Å²) in [5.41, 5.74) is 0.288. The molecule has 5 nitrogen and oxygen atoms in total. The molecule has 1 aromatic carbocycles. The zero-order valence-corrected chi connectivity index (χ0v) is 13.8. The molecule has 1 N–H and O–H groups in total. The molecule has 8 heteroatoms. The fourth-order valence-electron chi connectivity index (χ4n) is 1.82. The van der Waals surface area contributed by atoms with Crippen LogP contribution in [0.3, 0.4) is 0 Å². The molecule has 0 bridgehead atoms. The highest BCUT2D eigenvalue weighted by Gasteiger charge is 2.13. The van der Waals surface area contributed by atoms with E-state index in [0.717, 1.165) is 10.2 Å². The van der Waals surface area contributed by atoms with Gasteiger partial charge >= 0.3 is 0 Å². The third-order valence-corrected chi connectivity index (χ3v) is 3.98. The van der Waals surface area contributed by atoms with E-state index >= 15 is 0 Å². The summed E-state index contributed by atoms with van der Waals surface area (Å²) in [6.07, 6.45) is 1.22. The van der Waals surface area contributed by atoms with E-state index in [4.69, 9.17) is 34.8 Å². The minimum Gasteiger partial charge on any atom is -0.348 e. The molecule has 22 heavy (non-hydrogen) atoms. The molecule has 1 atom stereocenters. The minimum atomic E-state index is -0.608. The molecule has 0 aliphatic heterocycles. The molecule has 1 amide bonds. The van der Waals surface area contributed by atoms with Crippen molar-refractivity contribution in [3.8, 4) is 0 Å². The Morgan fingerprint density at radius 2 is 1.91 bits per heavy atom. The quantitative estimate of drug-likeness (QED) is 0.911. The Morgan fingerprint density at radius 1 is 1.27 bits per heavy atom. The smallest absolute Gasteiger partial charge is 0.287 e. The summed E-state index contributed by atoms with van der Waals surface area (Å²) in [6, 6.07) is 6.88. The fourth-order valence-corrected chi connectivity index (χ4v) is 2.21. The lowest BCUT2D eigenvalue weighted by atomic mass is 10.1. The van der Waals surface area contributed by atoms with Crippen LogP contribution in [0.4, 0.5) is 0 Å². The summed E-state index contributed by atoms with van der Waals surface area (Å²) in [5, 5.41) is 7.06. The van der Waals surface area contributed by atoms with Crippen LogP contribution in [0.5, 0.6) is 0 Å². The number of halogens is 3. The Balaban J connectivity index is 2.06. The monoisotopic (exact) mass is 359 g/mol. The number of hydrogen-bond acceptors (Lipinski definition) is 3. The van der Waals surface area contributed by atoms with Gasteiger partial charge in [0, 0.05) is 5.02 Å². The van der Waals surface area contributed by atoms with Crippen LogP contribution in [0.1, 0.15) is 18.5 Å². The molecular formula is C14H12Cl3N3O2. The molecule has 0 aliphatic rings. The summed E-state index contributed by atoms with van der Waals surface area (Å²) in [7, 11) is 0. The summed E-state index contributed by atoms with van der Waals surface area (Å²) in [4.78, 5) is 23.8. The van der Waals surface area contributed by atoms with Crippen LogP contribution >= 0.6 is 34.8 Å². The van der Waals surface area contributed by atoms with Crippen molar-refractivity contribution in [2.24, 2.45) is 0 Å². The molecule has 0 aliphatic carbocycles. The number of hydrogen-bond donors (Lipinski definition) is 1. The number of nitrogens with one attached hydrogen (secondary N) is 1. The van der Waals surface area contributed by atoms with Gasteiger partial charge in [-0.15, -0.1) is 0 Å². The largest absolute Gasteiger partial charge is 0.348 e. The molecule has 1 heterocycles. The number of rotatable bonds is 4. The number of carbonyl (C=O) groups is 1. The van der Waals surface area contributed by atoms with Crippen molar-refractivity contribution in [1.82, 2.24) is 15.1 Å². The van der Waals surface area contributed by atoms with E-state index in [9.17, 15) is 9.59 Å². The van der Waals surface area contributed by atoms with E-state index < -0.39 is 5.56 Å². The van der Waals surface area contributed by atoms with E-state index in [0.29, 0.717) is 5.02 Å². The molecule has 0 saturated heterocycles. The second-order valence-electron chi connectivity index (χ2n) is 4.61. The second-order valence-corrected chi connectivity index (χ2v) is 5.83. The van der Waals surface area contributed by atoms with Crippen molar-refractivity contribution in [3.63, 3.8) is 0 Å². The van der Waals surface area contributed by atoms with Crippen molar-refractivity contribution in [1.29, 1.82) is 0 Å². The second kappa shape index (κ2) is 7.13. The van der Waals surface area contributed by atoms with Gasteiger partial charge in [-0.1, -0.05) is 46.9 Å². The van der Waals surface area contributed by atoms with Crippen LogP contribution in [0, 0.1) is 0 Å². The molecule has 0 saturated carbocycles. The number of nitrogens with zero attached hydrogens (tertiary/aromatic N) is 2. The van der Waals surface area contributed by atoms with Crippen LogP contribution in [0.25, 0.3) is 0 Å². The molecule has 2 aromatic rings. The predicted molar refractivity (Wildman–Crippen MR) is 86.5 cm³/mol. The summed E-state index contributed by atoms with van der Waals surface area (Å²) < 4.78 is 0.956. The lowest BCUT2D eigenvalue weighted by Crippen LogP contribution is -2.35. The maximum absolute atomic E-state index is 12.0. The first-order valence-electron chi connectivity index (χ1n) is 6.34. The number of aromatic nitrogens is 2. The number of carbonyl (C=O) groups excluding carboxylic acids is 1. The van der Waals surface area contributed by atoms with Crippen LogP contribution in [-0.4, -0.2) is 15.7 Å². The van der Waals surface area contributed by atoms with Crippen molar-refractivity contribution in [3.05, 3.63) is 61.4 Å². The molecule has 0 radical (unpaired) electrons. The first-order valence-corrected chi connectivity index (χ1v) is 7.48. The van der Waals surface area contributed by atoms with Gasteiger partial charge < -0.3 is 5.32 Å². The molecule has 0 fully saturated rings. The Morgan fingerprint density at radius 3 is 2.55 bits per heavy atom. The molecule has 1 unspecified atom stereocenters. The average Bonchev–Trinajstić information content (AvgIpc) is 2.48. The van der Waals surface area contributed by atoms with Crippen LogP contribution < -0.4 is 10.9 Å². The number of amides is 1. The van der Waals surface area contributed by atoms with E-state index in [-0.39, 0.29) is 28.5 Å². The van der Waals surface area contributed by atoms with Crippen molar-refractivity contribution < 1.29 is 4.79 Å².